The van der Waals surface area contributed by atoms with Crippen molar-refractivity contribution in [1.29, 1.82) is 0 Å². The van der Waals surface area contributed by atoms with Crippen molar-refractivity contribution in [2.75, 3.05) is 27.4 Å². The van der Waals surface area contributed by atoms with E-state index in [1.807, 2.05) is 59.5 Å². The maximum absolute atomic E-state index is 13.4. The van der Waals surface area contributed by atoms with Crippen LogP contribution in [0.2, 0.25) is 0 Å². The average molecular weight is 460 g/mol. The second kappa shape index (κ2) is 10.6. The van der Waals surface area contributed by atoms with Crippen molar-refractivity contribution in [3.63, 3.8) is 0 Å². The minimum absolute atomic E-state index is 0.0930. The van der Waals surface area contributed by atoms with Crippen molar-refractivity contribution in [3.05, 3.63) is 89.0 Å². The molecule has 5 heteroatoms. The third-order valence-electron chi connectivity index (χ3n) is 6.48. The molecule has 1 unspecified atom stereocenters. The molecule has 0 saturated carbocycles. The van der Waals surface area contributed by atoms with Gasteiger partial charge >= 0.3 is 0 Å². The van der Waals surface area contributed by atoms with Gasteiger partial charge in [-0.1, -0.05) is 56.3 Å². The maximum Gasteiger partial charge on any atom is 0.227 e. The van der Waals surface area contributed by atoms with Crippen LogP contribution in [0.15, 0.2) is 66.7 Å². The fourth-order valence-corrected chi connectivity index (χ4v) is 4.50. The van der Waals surface area contributed by atoms with Gasteiger partial charge in [0.2, 0.25) is 5.91 Å². The predicted octanol–water partition coefficient (Wildman–Crippen LogP) is 5.57. The molecule has 34 heavy (non-hydrogen) atoms. The number of ether oxygens (including phenoxy) is 3. The Morgan fingerprint density at radius 2 is 1.65 bits per heavy atom. The van der Waals surface area contributed by atoms with Crippen molar-refractivity contribution < 1.29 is 19.0 Å². The molecule has 178 valence electrons. The van der Waals surface area contributed by atoms with Gasteiger partial charge in [-0.15, -0.1) is 0 Å². The molecule has 0 radical (unpaired) electrons. The van der Waals surface area contributed by atoms with Gasteiger partial charge in [-0.05, 0) is 58.9 Å². The molecule has 1 atom stereocenters. The first kappa shape index (κ1) is 23.7. The third-order valence-corrected chi connectivity index (χ3v) is 6.48. The monoisotopic (exact) mass is 459 g/mol. The SMILES string of the molecule is COc1cc2c(cc1OC)C(COc1ccc(C(C)C)cc1)N(C(=O)Cc1ccccc1)CC2. The first-order valence-corrected chi connectivity index (χ1v) is 11.8. The van der Waals surface area contributed by atoms with E-state index in [2.05, 4.69) is 26.0 Å². The summed E-state index contributed by atoms with van der Waals surface area (Å²) < 4.78 is 17.3. The average Bonchev–Trinajstić information content (AvgIpc) is 2.87. The van der Waals surface area contributed by atoms with E-state index in [0.29, 0.717) is 37.0 Å². The van der Waals surface area contributed by atoms with E-state index in [4.69, 9.17) is 14.2 Å². The molecule has 0 N–H and O–H groups in total. The Kier molecular flexibility index (Phi) is 7.41. The summed E-state index contributed by atoms with van der Waals surface area (Å²) in [7, 11) is 3.28. The lowest BCUT2D eigenvalue weighted by Gasteiger charge is -2.37. The Labute approximate surface area is 202 Å². The summed E-state index contributed by atoms with van der Waals surface area (Å²) in [4.78, 5) is 15.4. The van der Waals surface area contributed by atoms with Crippen LogP contribution in [0, 0.1) is 0 Å². The minimum Gasteiger partial charge on any atom is -0.493 e. The first-order chi connectivity index (χ1) is 16.5. The summed E-state index contributed by atoms with van der Waals surface area (Å²) in [5.41, 5.74) is 4.48. The topological polar surface area (TPSA) is 48.0 Å². The zero-order valence-corrected chi connectivity index (χ0v) is 20.4. The number of nitrogens with zero attached hydrogens (tertiary/aromatic N) is 1. The number of amides is 1. The van der Waals surface area contributed by atoms with Gasteiger partial charge < -0.3 is 19.1 Å². The molecule has 0 bridgehead atoms. The molecule has 1 aliphatic rings. The van der Waals surface area contributed by atoms with E-state index in [1.165, 1.54) is 5.56 Å². The fraction of sp³-hybridized carbons (Fsp3) is 0.345. The Balaban J connectivity index is 1.62. The van der Waals surface area contributed by atoms with Gasteiger partial charge in [-0.3, -0.25) is 4.79 Å². The van der Waals surface area contributed by atoms with Gasteiger partial charge in [0, 0.05) is 6.54 Å². The highest BCUT2D eigenvalue weighted by Gasteiger charge is 2.32. The summed E-state index contributed by atoms with van der Waals surface area (Å²) in [6.07, 6.45) is 1.12. The van der Waals surface area contributed by atoms with Gasteiger partial charge in [0.25, 0.3) is 0 Å². The standard InChI is InChI=1S/C29H33NO4/c1-20(2)22-10-12-24(13-11-22)34-19-26-25-18-28(33-4)27(32-3)17-23(25)14-15-30(26)29(31)16-21-8-6-5-7-9-21/h5-13,17-18,20,26H,14-16,19H2,1-4H3. The summed E-state index contributed by atoms with van der Waals surface area (Å²) in [6.45, 7) is 5.35. The lowest BCUT2D eigenvalue weighted by Crippen LogP contribution is -2.43. The Morgan fingerprint density at radius 1 is 0.971 bits per heavy atom. The Hall–Kier alpha value is -3.47. The smallest absolute Gasteiger partial charge is 0.227 e. The summed E-state index contributed by atoms with van der Waals surface area (Å²) >= 11 is 0. The van der Waals surface area contributed by atoms with Gasteiger partial charge in [-0.2, -0.15) is 0 Å². The third kappa shape index (κ3) is 5.19. The molecule has 5 nitrogen and oxygen atoms in total. The van der Waals surface area contributed by atoms with Crippen LogP contribution >= 0.6 is 0 Å². The number of hydrogen-bond acceptors (Lipinski definition) is 4. The molecule has 3 aromatic carbocycles. The van der Waals surface area contributed by atoms with Crippen molar-refractivity contribution >= 4 is 5.91 Å². The lowest BCUT2D eigenvalue weighted by molar-refractivity contribution is -0.134. The van der Waals surface area contributed by atoms with Crippen LogP contribution in [0.4, 0.5) is 0 Å². The van der Waals surface area contributed by atoms with E-state index in [9.17, 15) is 4.79 Å². The van der Waals surface area contributed by atoms with Crippen LogP contribution in [-0.4, -0.2) is 38.2 Å². The molecule has 1 heterocycles. The van der Waals surface area contributed by atoms with Crippen LogP contribution in [0.1, 0.15) is 48.1 Å². The molecule has 0 saturated heterocycles. The normalized spacial score (nSPS) is 15.1. The highest BCUT2D eigenvalue weighted by molar-refractivity contribution is 5.79. The van der Waals surface area contributed by atoms with Crippen molar-refractivity contribution in [1.82, 2.24) is 4.90 Å². The quantitative estimate of drug-likeness (QED) is 0.442. The number of hydrogen-bond donors (Lipinski definition) is 0. The fourth-order valence-electron chi connectivity index (χ4n) is 4.50. The molecular formula is C29H33NO4. The zero-order valence-electron chi connectivity index (χ0n) is 20.4. The summed E-state index contributed by atoms with van der Waals surface area (Å²) in [6, 6.07) is 21.9. The molecule has 0 spiro atoms. The Morgan fingerprint density at radius 3 is 2.29 bits per heavy atom. The highest BCUT2D eigenvalue weighted by Crippen LogP contribution is 2.38. The number of carbonyl (C=O) groups excluding carboxylic acids is 1. The van der Waals surface area contributed by atoms with E-state index < -0.39 is 0 Å². The van der Waals surface area contributed by atoms with Crippen molar-refractivity contribution in [2.45, 2.75) is 38.6 Å². The van der Waals surface area contributed by atoms with Crippen LogP contribution < -0.4 is 14.2 Å². The van der Waals surface area contributed by atoms with E-state index in [-0.39, 0.29) is 11.9 Å². The van der Waals surface area contributed by atoms with Crippen LogP contribution in [0.25, 0.3) is 0 Å². The second-order valence-corrected chi connectivity index (χ2v) is 8.96. The van der Waals surface area contributed by atoms with Gasteiger partial charge in [-0.25, -0.2) is 0 Å². The van der Waals surface area contributed by atoms with Gasteiger partial charge in [0.15, 0.2) is 11.5 Å². The molecule has 1 amide bonds. The molecule has 3 aromatic rings. The molecular weight excluding hydrogens is 426 g/mol. The Bertz CT molecular complexity index is 1110. The van der Waals surface area contributed by atoms with Crippen LogP contribution in [-0.2, 0) is 17.6 Å². The maximum atomic E-state index is 13.4. The van der Waals surface area contributed by atoms with Gasteiger partial charge in [0.1, 0.15) is 12.4 Å². The number of fused-ring (bicyclic) bond motifs is 1. The largest absolute Gasteiger partial charge is 0.493 e. The number of benzene rings is 3. The lowest BCUT2D eigenvalue weighted by atomic mass is 9.91. The van der Waals surface area contributed by atoms with Crippen molar-refractivity contribution in [3.8, 4) is 17.2 Å². The zero-order chi connectivity index (χ0) is 24.1. The van der Waals surface area contributed by atoms with Crippen LogP contribution in [0.3, 0.4) is 0 Å². The van der Waals surface area contributed by atoms with E-state index in [0.717, 1.165) is 28.9 Å². The number of carbonyl (C=O) groups is 1. The van der Waals surface area contributed by atoms with Crippen LogP contribution in [0.5, 0.6) is 17.2 Å². The van der Waals surface area contributed by atoms with Gasteiger partial charge in [0.05, 0.1) is 26.7 Å². The van der Waals surface area contributed by atoms with E-state index >= 15 is 0 Å². The summed E-state index contributed by atoms with van der Waals surface area (Å²) in [5, 5.41) is 0. The number of methoxy groups -OCH3 is 2. The highest BCUT2D eigenvalue weighted by atomic mass is 16.5. The first-order valence-electron chi connectivity index (χ1n) is 11.8. The summed E-state index contributed by atoms with van der Waals surface area (Å²) in [5.74, 6) is 2.72. The molecule has 4 rings (SSSR count). The molecule has 0 fully saturated rings. The second-order valence-electron chi connectivity index (χ2n) is 8.96. The molecule has 0 aromatic heterocycles. The molecule has 0 aliphatic carbocycles. The predicted molar refractivity (Wildman–Crippen MR) is 134 cm³/mol. The van der Waals surface area contributed by atoms with E-state index in [1.54, 1.807) is 14.2 Å². The molecule has 1 aliphatic heterocycles. The number of rotatable bonds is 8. The minimum atomic E-state index is -0.218. The van der Waals surface area contributed by atoms with Crippen molar-refractivity contribution in [2.24, 2.45) is 0 Å².